The fourth-order valence-corrected chi connectivity index (χ4v) is 2.10. The summed E-state index contributed by atoms with van der Waals surface area (Å²) in [5.74, 6) is 1.51. The number of aromatic nitrogens is 3. The Morgan fingerprint density at radius 2 is 2.14 bits per heavy atom. The van der Waals surface area contributed by atoms with E-state index >= 15 is 0 Å². The third-order valence-corrected chi connectivity index (χ3v) is 3.10. The van der Waals surface area contributed by atoms with Gasteiger partial charge < -0.3 is 4.74 Å². The zero-order valence-electron chi connectivity index (χ0n) is 11.7. The molecule has 0 spiro atoms. The van der Waals surface area contributed by atoms with Crippen LogP contribution >= 0.6 is 0 Å². The van der Waals surface area contributed by atoms with E-state index in [4.69, 9.17) is 10.00 Å². The molecule has 2 heterocycles. The molecule has 0 unspecified atom stereocenters. The Balaban J connectivity index is 2.06. The number of nitrogens with zero attached hydrogens (tertiary/aromatic N) is 4. The Morgan fingerprint density at radius 3 is 2.95 bits per heavy atom. The van der Waals surface area contributed by atoms with Crippen LogP contribution in [0.3, 0.4) is 0 Å². The highest BCUT2D eigenvalue weighted by Gasteiger charge is 2.09. The zero-order chi connectivity index (χ0) is 14.7. The van der Waals surface area contributed by atoms with E-state index in [1.54, 1.807) is 18.3 Å². The van der Waals surface area contributed by atoms with E-state index in [2.05, 4.69) is 23.2 Å². The maximum atomic E-state index is 9.01. The molecule has 3 aromatic rings. The van der Waals surface area contributed by atoms with Crippen molar-refractivity contribution >= 4 is 5.65 Å². The molecule has 5 heteroatoms. The van der Waals surface area contributed by atoms with Crippen LogP contribution < -0.4 is 4.74 Å². The normalized spacial score (nSPS) is 10.5. The number of nitriles is 1. The predicted molar refractivity (Wildman–Crippen MR) is 78.9 cm³/mol. The van der Waals surface area contributed by atoms with Crippen LogP contribution in [0.2, 0.25) is 0 Å². The number of ether oxygens (including phenoxy) is 1. The lowest BCUT2D eigenvalue weighted by molar-refractivity contribution is 0.317. The summed E-state index contributed by atoms with van der Waals surface area (Å²) in [5.41, 5.74) is 2.19. The molecule has 2 aromatic heterocycles. The van der Waals surface area contributed by atoms with Gasteiger partial charge in [-0.15, -0.1) is 10.2 Å². The highest BCUT2D eigenvalue weighted by Crippen LogP contribution is 2.23. The first-order valence-corrected chi connectivity index (χ1v) is 6.80. The van der Waals surface area contributed by atoms with Gasteiger partial charge in [-0.25, -0.2) is 0 Å². The van der Waals surface area contributed by atoms with E-state index in [1.807, 2.05) is 28.7 Å². The molecule has 1 aromatic carbocycles. The molecule has 21 heavy (non-hydrogen) atoms. The molecule has 0 bridgehead atoms. The van der Waals surface area contributed by atoms with Crippen LogP contribution in [0, 0.1) is 11.3 Å². The Hall–Kier alpha value is -2.87. The maximum absolute atomic E-state index is 9.01. The van der Waals surface area contributed by atoms with Crippen molar-refractivity contribution in [2.45, 2.75) is 13.3 Å². The second kappa shape index (κ2) is 5.63. The molecule has 0 radical (unpaired) electrons. The Morgan fingerprint density at radius 1 is 1.24 bits per heavy atom. The van der Waals surface area contributed by atoms with Crippen LogP contribution in [0.15, 0.2) is 42.6 Å². The number of hydrogen-bond acceptors (Lipinski definition) is 4. The molecule has 0 fully saturated rings. The van der Waals surface area contributed by atoms with Gasteiger partial charge in [0.25, 0.3) is 0 Å². The lowest BCUT2D eigenvalue weighted by atomic mass is 10.2. The molecule has 0 N–H and O–H groups in total. The van der Waals surface area contributed by atoms with Gasteiger partial charge in [-0.3, -0.25) is 4.40 Å². The number of rotatable bonds is 4. The lowest BCUT2D eigenvalue weighted by Crippen LogP contribution is -1.96. The molecular formula is C16H14N4O. The van der Waals surface area contributed by atoms with Crippen molar-refractivity contribution in [1.82, 2.24) is 14.6 Å². The van der Waals surface area contributed by atoms with E-state index < -0.39 is 0 Å². The summed E-state index contributed by atoms with van der Waals surface area (Å²) in [4.78, 5) is 0. The molecular weight excluding hydrogens is 264 g/mol. The van der Waals surface area contributed by atoms with Crippen LogP contribution in [0.1, 0.15) is 18.9 Å². The second-order valence-corrected chi connectivity index (χ2v) is 4.66. The highest BCUT2D eigenvalue weighted by atomic mass is 16.5. The summed E-state index contributed by atoms with van der Waals surface area (Å²) in [7, 11) is 0. The van der Waals surface area contributed by atoms with Crippen LogP contribution in [-0.2, 0) is 0 Å². The third kappa shape index (κ3) is 2.56. The first-order chi connectivity index (χ1) is 10.3. The number of benzene rings is 1. The lowest BCUT2D eigenvalue weighted by Gasteiger charge is -2.06. The van der Waals surface area contributed by atoms with Gasteiger partial charge in [0.2, 0.25) is 0 Å². The topological polar surface area (TPSA) is 63.2 Å². The first kappa shape index (κ1) is 13.1. The molecule has 5 nitrogen and oxygen atoms in total. The SMILES string of the molecule is CCCOc1cccc(-c2nnc3ccc(C#N)cn23)c1. The van der Waals surface area contributed by atoms with Gasteiger partial charge in [-0.05, 0) is 30.7 Å². The summed E-state index contributed by atoms with van der Waals surface area (Å²) in [6.07, 6.45) is 2.70. The molecule has 104 valence electrons. The summed E-state index contributed by atoms with van der Waals surface area (Å²) in [6.45, 7) is 2.75. The smallest absolute Gasteiger partial charge is 0.168 e. The van der Waals surface area contributed by atoms with Crippen molar-refractivity contribution in [2.75, 3.05) is 6.61 Å². The van der Waals surface area contributed by atoms with Crippen LogP contribution in [-0.4, -0.2) is 21.2 Å². The molecule has 0 aliphatic rings. The predicted octanol–water partition coefficient (Wildman–Crippen LogP) is 3.06. The maximum Gasteiger partial charge on any atom is 0.168 e. The van der Waals surface area contributed by atoms with Crippen molar-refractivity contribution in [2.24, 2.45) is 0 Å². The van der Waals surface area contributed by atoms with Crippen LogP contribution in [0.25, 0.3) is 17.0 Å². The monoisotopic (exact) mass is 278 g/mol. The van der Waals surface area contributed by atoms with Crippen molar-refractivity contribution in [3.05, 3.63) is 48.2 Å². The summed E-state index contributed by atoms with van der Waals surface area (Å²) >= 11 is 0. The molecule has 0 saturated heterocycles. The molecule has 0 atom stereocenters. The Labute approximate surface area is 122 Å². The molecule has 0 aliphatic heterocycles. The Bertz CT molecular complexity index is 817. The standard InChI is InChI=1S/C16H14N4O/c1-2-8-21-14-5-3-4-13(9-14)16-19-18-15-7-6-12(10-17)11-20(15)16/h3-7,9,11H,2,8H2,1H3. The van der Waals surface area contributed by atoms with Crippen molar-refractivity contribution in [3.63, 3.8) is 0 Å². The van der Waals surface area contributed by atoms with E-state index in [0.29, 0.717) is 23.6 Å². The summed E-state index contributed by atoms with van der Waals surface area (Å²) in [6, 6.07) is 13.4. The number of pyridine rings is 1. The molecule has 0 aliphatic carbocycles. The largest absolute Gasteiger partial charge is 0.494 e. The summed E-state index contributed by atoms with van der Waals surface area (Å²) < 4.78 is 7.46. The van der Waals surface area contributed by atoms with Crippen LogP contribution in [0.5, 0.6) is 5.75 Å². The van der Waals surface area contributed by atoms with Crippen molar-refractivity contribution in [1.29, 1.82) is 5.26 Å². The number of fused-ring (bicyclic) bond motifs is 1. The van der Waals surface area contributed by atoms with E-state index in [1.165, 1.54) is 0 Å². The fourth-order valence-electron chi connectivity index (χ4n) is 2.10. The van der Waals surface area contributed by atoms with Gasteiger partial charge in [0.05, 0.1) is 12.2 Å². The fraction of sp³-hybridized carbons (Fsp3) is 0.188. The van der Waals surface area contributed by atoms with Crippen molar-refractivity contribution < 1.29 is 4.74 Å². The summed E-state index contributed by atoms with van der Waals surface area (Å²) in [5, 5.41) is 17.3. The van der Waals surface area contributed by atoms with Gasteiger partial charge >= 0.3 is 0 Å². The van der Waals surface area contributed by atoms with Gasteiger partial charge in [0, 0.05) is 11.8 Å². The molecule has 0 saturated carbocycles. The van der Waals surface area contributed by atoms with Gasteiger partial charge in [0.15, 0.2) is 11.5 Å². The first-order valence-electron chi connectivity index (χ1n) is 6.80. The zero-order valence-corrected chi connectivity index (χ0v) is 11.7. The van der Waals surface area contributed by atoms with Gasteiger partial charge in [-0.1, -0.05) is 19.1 Å². The van der Waals surface area contributed by atoms with E-state index in [9.17, 15) is 0 Å². The second-order valence-electron chi connectivity index (χ2n) is 4.66. The van der Waals surface area contributed by atoms with E-state index in [-0.39, 0.29) is 0 Å². The average Bonchev–Trinajstić information content (AvgIpc) is 2.96. The van der Waals surface area contributed by atoms with Crippen LogP contribution in [0.4, 0.5) is 0 Å². The van der Waals surface area contributed by atoms with Gasteiger partial charge in [-0.2, -0.15) is 5.26 Å². The quantitative estimate of drug-likeness (QED) is 0.735. The van der Waals surface area contributed by atoms with Crippen molar-refractivity contribution in [3.8, 4) is 23.2 Å². The highest BCUT2D eigenvalue weighted by molar-refractivity contribution is 5.61. The average molecular weight is 278 g/mol. The minimum atomic E-state index is 0.571. The minimum Gasteiger partial charge on any atom is -0.494 e. The molecule has 3 rings (SSSR count). The molecule has 0 amide bonds. The third-order valence-electron chi connectivity index (χ3n) is 3.10. The van der Waals surface area contributed by atoms with Gasteiger partial charge in [0.1, 0.15) is 11.8 Å². The Kier molecular flexibility index (Phi) is 3.52. The number of hydrogen-bond donors (Lipinski definition) is 0. The minimum absolute atomic E-state index is 0.571. The van der Waals surface area contributed by atoms with E-state index in [0.717, 1.165) is 17.7 Å².